The molecule has 1 aliphatic rings. The Hall–Kier alpha value is -2.18. The molecule has 7 nitrogen and oxygen atoms in total. The summed E-state index contributed by atoms with van der Waals surface area (Å²) in [4.78, 5) is 24.6. The van der Waals surface area contributed by atoms with E-state index in [0.717, 1.165) is 19.0 Å². The summed E-state index contributed by atoms with van der Waals surface area (Å²) in [5.74, 6) is -0.672. The van der Waals surface area contributed by atoms with Gasteiger partial charge in [-0.25, -0.2) is 4.98 Å². The van der Waals surface area contributed by atoms with Crippen LogP contribution in [0.4, 0.5) is 5.69 Å². The van der Waals surface area contributed by atoms with E-state index in [0.29, 0.717) is 0 Å². The lowest BCUT2D eigenvalue weighted by Crippen LogP contribution is -2.15. The highest BCUT2D eigenvalue weighted by Crippen LogP contribution is 2.30. The maximum atomic E-state index is 11.0. The second-order valence-corrected chi connectivity index (χ2v) is 3.48. The lowest BCUT2D eigenvalue weighted by atomic mass is 10.3. The Morgan fingerprint density at radius 1 is 1.62 bits per heavy atom. The number of amides is 1. The predicted octanol–water partition coefficient (Wildman–Crippen LogP) is 0.630. The van der Waals surface area contributed by atoms with Crippen LogP contribution in [0.2, 0.25) is 0 Å². The van der Waals surface area contributed by atoms with Gasteiger partial charge < -0.3 is 10.5 Å². The molecule has 0 radical (unpaired) electrons. The standard InChI is InChI=1S/C9H9N3O4/c10-9(13)8-7(16-6-1-2-6)3-5(4-11-8)12(14)15/h3-4,6H,1-2H2,(H2,10,13). The first kappa shape index (κ1) is 10.3. The van der Waals surface area contributed by atoms with Gasteiger partial charge in [0.1, 0.15) is 6.20 Å². The van der Waals surface area contributed by atoms with Gasteiger partial charge in [-0.3, -0.25) is 14.9 Å². The fraction of sp³-hybridized carbons (Fsp3) is 0.333. The van der Waals surface area contributed by atoms with Crippen LogP contribution in [0.15, 0.2) is 12.3 Å². The van der Waals surface area contributed by atoms with Gasteiger partial charge in [0.25, 0.3) is 11.6 Å². The van der Waals surface area contributed by atoms with Gasteiger partial charge in [0, 0.05) is 0 Å². The Balaban J connectivity index is 2.37. The zero-order valence-corrected chi connectivity index (χ0v) is 8.25. The summed E-state index contributed by atoms with van der Waals surface area (Å²) in [5, 5.41) is 10.5. The van der Waals surface area contributed by atoms with Crippen LogP contribution >= 0.6 is 0 Å². The van der Waals surface area contributed by atoms with E-state index in [1.165, 1.54) is 6.07 Å². The minimum atomic E-state index is -0.759. The third-order valence-corrected chi connectivity index (χ3v) is 2.10. The maximum Gasteiger partial charge on any atom is 0.291 e. The molecule has 1 aliphatic carbocycles. The maximum absolute atomic E-state index is 11.0. The highest BCUT2D eigenvalue weighted by atomic mass is 16.6. The first-order chi connectivity index (χ1) is 7.58. The summed E-state index contributed by atoms with van der Waals surface area (Å²) in [6, 6.07) is 1.17. The Morgan fingerprint density at radius 3 is 2.81 bits per heavy atom. The summed E-state index contributed by atoms with van der Waals surface area (Å²) in [6.07, 6.45) is 2.75. The van der Waals surface area contributed by atoms with E-state index < -0.39 is 10.8 Å². The third kappa shape index (κ3) is 2.08. The van der Waals surface area contributed by atoms with E-state index in [1.54, 1.807) is 0 Å². The molecule has 0 aliphatic heterocycles. The van der Waals surface area contributed by atoms with Crippen molar-refractivity contribution in [2.75, 3.05) is 0 Å². The van der Waals surface area contributed by atoms with Crippen LogP contribution in [-0.4, -0.2) is 21.9 Å². The van der Waals surface area contributed by atoms with Gasteiger partial charge in [0.2, 0.25) is 0 Å². The highest BCUT2D eigenvalue weighted by Gasteiger charge is 2.27. The number of aromatic nitrogens is 1. The normalized spacial score (nSPS) is 14.5. The van der Waals surface area contributed by atoms with Gasteiger partial charge >= 0.3 is 0 Å². The molecule has 84 valence electrons. The molecular formula is C9H9N3O4. The minimum absolute atomic E-state index is 0.0157. The minimum Gasteiger partial charge on any atom is -0.488 e. The van der Waals surface area contributed by atoms with Crippen molar-refractivity contribution in [2.24, 2.45) is 5.73 Å². The van der Waals surface area contributed by atoms with E-state index >= 15 is 0 Å². The van der Waals surface area contributed by atoms with Crippen LogP contribution in [0.5, 0.6) is 5.75 Å². The van der Waals surface area contributed by atoms with Gasteiger partial charge in [0.05, 0.1) is 17.1 Å². The average Bonchev–Trinajstić information content (AvgIpc) is 3.01. The van der Waals surface area contributed by atoms with Crippen LogP contribution in [-0.2, 0) is 0 Å². The molecule has 0 unspecified atom stereocenters. The van der Waals surface area contributed by atoms with Crippen LogP contribution in [0.1, 0.15) is 23.3 Å². The lowest BCUT2D eigenvalue weighted by Gasteiger charge is -2.06. The number of nitrogens with two attached hydrogens (primary N) is 1. The molecule has 1 aromatic rings. The molecular weight excluding hydrogens is 214 g/mol. The van der Waals surface area contributed by atoms with Crippen molar-refractivity contribution in [3.63, 3.8) is 0 Å². The number of nitro groups is 1. The number of nitrogens with zero attached hydrogens (tertiary/aromatic N) is 2. The second kappa shape index (κ2) is 3.76. The molecule has 16 heavy (non-hydrogen) atoms. The van der Waals surface area contributed by atoms with E-state index in [9.17, 15) is 14.9 Å². The summed E-state index contributed by atoms with van der Waals surface area (Å²) in [5.41, 5.74) is 4.79. The molecule has 1 saturated carbocycles. The Labute approximate surface area is 90.4 Å². The number of primary amides is 1. The molecule has 1 amide bonds. The quantitative estimate of drug-likeness (QED) is 0.594. The third-order valence-electron chi connectivity index (χ3n) is 2.10. The van der Waals surface area contributed by atoms with E-state index in [4.69, 9.17) is 10.5 Å². The molecule has 1 fully saturated rings. The molecule has 1 aromatic heterocycles. The first-order valence-electron chi connectivity index (χ1n) is 4.69. The number of ether oxygens (including phenoxy) is 1. The molecule has 0 aromatic carbocycles. The van der Waals surface area contributed by atoms with Crippen LogP contribution < -0.4 is 10.5 Å². The van der Waals surface area contributed by atoms with Gasteiger partial charge in [-0.05, 0) is 12.8 Å². The van der Waals surface area contributed by atoms with Crippen LogP contribution in [0.3, 0.4) is 0 Å². The van der Waals surface area contributed by atoms with Crippen molar-refractivity contribution in [2.45, 2.75) is 18.9 Å². The fourth-order valence-corrected chi connectivity index (χ4v) is 1.17. The zero-order valence-electron chi connectivity index (χ0n) is 8.25. The van der Waals surface area contributed by atoms with Crippen molar-refractivity contribution >= 4 is 11.6 Å². The van der Waals surface area contributed by atoms with E-state index in [2.05, 4.69) is 4.98 Å². The van der Waals surface area contributed by atoms with Crippen molar-refractivity contribution < 1.29 is 14.5 Å². The monoisotopic (exact) mass is 223 g/mol. The summed E-state index contributed by atoms with van der Waals surface area (Å²) in [7, 11) is 0. The van der Waals surface area contributed by atoms with E-state index in [1.807, 2.05) is 0 Å². The molecule has 2 N–H and O–H groups in total. The molecule has 0 atom stereocenters. The molecule has 2 rings (SSSR count). The van der Waals surface area contributed by atoms with Gasteiger partial charge in [-0.15, -0.1) is 0 Å². The summed E-state index contributed by atoms with van der Waals surface area (Å²) < 4.78 is 5.34. The molecule has 0 spiro atoms. The van der Waals surface area contributed by atoms with Crippen LogP contribution in [0.25, 0.3) is 0 Å². The van der Waals surface area contributed by atoms with Crippen molar-refractivity contribution in [3.8, 4) is 5.75 Å². The van der Waals surface area contributed by atoms with E-state index in [-0.39, 0.29) is 23.2 Å². The number of carbonyl (C=O) groups excluding carboxylic acids is 1. The smallest absolute Gasteiger partial charge is 0.291 e. The summed E-state index contributed by atoms with van der Waals surface area (Å²) in [6.45, 7) is 0. The number of hydrogen-bond acceptors (Lipinski definition) is 5. The predicted molar refractivity (Wildman–Crippen MR) is 53.1 cm³/mol. The first-order valence-corrected chi connectivity index (χ1v) is 4.69. The van der Waals surface area contributed by atoms with Crippen molar-refractivity contribution in [1.82, 2.24) is 4.98 Å². The summed E-state index contributed by atoms with van der Waals surface area (Å²) >= 11 is 0. The van der Waals surface area contributed by atoms with Gasteiger partial charge in [-0.2, -0.15) is 0 Å². The zero-order chi connectivity index (χ0) is 11.7. The Kier molecular flexibility index (Phi) is 2.43. The van der Waals surface area contributed by atoms with Gasteiger partial charge in [0.15, 0.2) is 11.4 Å². The molecule has 0 saturated heterocycles. The fourth-order valence-electron chi connectivity index (χ4n) is 1.17. The average molecular weight is 223 g/mol. The molecule has 7 heteroatoms. The van der Waals surface area contributed by atoms with Crippen molar-refractivity contribution in [3.05, 3.63) is 28.1 Å². The number of carbonyl (C=O) groups is 1. The SMILES string of the molecule is NC(=O)c1ncc([N+](=O)[O-])cc1OC1CC1. The van der Waals surface area contributed by atoms with Crippen LogP contribution in [0, 0.1) is 10.1 Å². The highest BCUT2D eigenvalue weighted by molar-refractivity contribution is 5.93. The second-order valence-electron chi connectivity index (χ2n) is 3.48. The van der Waals surface area contributed by atoms with Gasteiger partial charge in [-0.1, -0.05) is 0 Å². The lowest BCUT2D eigenvalue weighted by molar-refractivity contribution is -0.385. The van der Waals surface area contributed by atoms with Crippen molar-refractivity contribution in [1.29, 1.82) is 0 Å². The Bertz CT molecular complexity index is 456. The number of rotatable bonds is 4. The number of pyridine rings is 1. The largest absolute Gasteiger partial charge is 0.488 e. The topological polar surface area (TPSA) is 108 Å². The molecule has 0 bridgehead atoms. The Morgan fingerprint density at radius 2 is 2.31 bits per heavy atom. The number of hydrogen-bond donors (Lipinski definition) is 1. The molecule has 1 heterocycles.